The predicted octanol–water partition coefficient (Wildman–Crippen LogP) is 6.36. The van der Waals surface area contributed by atoms with Crippen LogP contribution in [0.25, 0.3) is 6.08 Å². The quantitative estimate of drug-likeness (QED) is 0.499. The van der Waals surface area contributed by atoms with Crippen LogP contribution in [0.3, 0.4) is 0 Å². The van der Waals surface area contributed by atoms with Gasteiger partial charge in [-0.05, 0) is 29.4 Å². The Labute approximate surface area is 119 Å². The van der Waals surface area contributed by atoms with Crippen LogP contribution in [0.1, 0.15) is 77.3 Å². The Balaban J connectivity index is 2.48. The van der Waals surface area contributed by atoms with Gasteiger partial charge in [-0.2, -0.15) is 0 Å². The first kappa shape index (κ1) is 16.0. The summed E-state index contributed by atoms with van der Waals surface area (Å²) in [4.78, 5) is 0. The molecular formula is C19H30. The third-order valence-electron chi connectivity index (χ3n) is 3.54. The summed E-state index contributed by atoms with van der Waals surface area (Å²) >= 11 is 0. The monoisotopic (exact) mass is 258 g/mol. The predicted molar refractivity (Wildman–Crippen MR) is 87.6 cm³/mol. The van der Waals surface area contributed by atoms with E-state index in [0.29, 0.717) is 0 Å². The molecule has 1 aromatic rings. The maximum absolute atomic E-state index is 2.34. The van der Waals surface area contributed by atoms with Crippen LogP contribution in [0.4, 0.5) is 0 Å². The third kappa shape index (κ3) is 6.09. The van der Waals surface area contributed by atoms with E-state index in [1.54, 1.807) is 0 Å². The second kappa shape index (κ2) is 8.19. The fraction of sp³-hybridized carbons (Fsp3) is 0.579. The Kier molecular flexibility index (Phi) is 6.91. The van der Waals surface area contributed by atoms with Crippen molar-refractivity contribution in [1.29, 1.82) is 0 Å². The minimum Gasteiger partial charge on any atom is -0.0839 e. The summed E-state index contributed by atoms with van der Waals surface area (Å²) in [5.74, 6) is 0. The fourth-order valence-corrected chi connectivity index (χ4v) is 2.40. The zero-order chi connectivity index (χ0) is 14.1. The molecule has 0 N–H and O–H groups in total. The van der Waals surface area contributed by atoms with Crippen molar-refractivity contribution in [3.05, 3.63) is 41.5 Å². The highest BCUT2D eigenvalue weighted by Gasteiger charge is 2.15. The van der Waals surface area contributed by atoms with E-state index in [1.807, 2.05) is 0 Å². The number of unbranched alkanes of at least 4 members (excludes halogenated alkanes) is 5. The number of hydrogen-bond donors (Lipinski definition) is 0. The molecule has 1 rings (SSSR count). The van der Waals surface area contributed by atoms with Crippen molar-refractivity contribution >= 4 is 6.08 Å². The van der Waals surface area contributed by atoms with Crippen molar-refractivity contribution in [2.24, 2.45) is 0 Å². The largest absolute Gasteiger partial charge is 0.0839 e. The van der Waals surface area contributed by atoms with Gasteiger partial charge < -0.3 is 0 Å². The summed E-state index contributed by atoms with van der Waals surface area (Å²) in [6.07, 6.45) is 12.7. The Hall–Kier alpha value is -1.04. The molecule has 0 amide bonds. The lowest BCUT2D eigenvalue weighted by Gasteiger charge is -2.21. The molecule has 0 aromatic heterocycles. The molecule has 106 valence electrons. The molecule has 19 heavy (non-hydrogen) atoms. The van der Waals surface area contributed by atoms with Crippen LogP contribution in [0.15, 0.2) is 30.3 Å². The Morgan fingerprint density at radius 3 is 2.32 bits per heavy atom. The summed E-state index contributed by atoms with van der Waals surface area (Å²) < 4.78 is 0. The highest BCUT2D eigenvalue weighted by molar-refractivity contribution is 5.55. The zero-order valence-electron chi connectivity index (χ0n) is 13.2. The molecule has 0 aliphatic heterocycles. The Bertz CT molecular complexity index is 379. The molecule has 0 aliphatic carbocycles. The summed E-state index contributed by atoms with van der Waals surface area (Å²) in [5.41, 5.74) is 3.04. The molecule has 0 nitrogen and oxygen atoms in total. The minimum absolute atomic E-state index is 0.224. The van der Waals surface area contributed by atoms with Gasteiger partial charge in [0.05, 0.1) is 0 Å². The first-order valence-electron chi connectivity index (χ1n) is 7.81. The highest BCUT2D eigenvalue weighted by atomic mass is 14.2. The molecule has 0 atom stereocenters. The number of rotatable bonds is 7. The van der Waals surface area contributed by atoms with E-state index in [1.165, 1.54) is 49.7 Å². The molecule has 0 aliphatic rings. The Morgan fingerprint density at radius 2 is 1.63 bits per heavy atom. The minimum atomic E-state index is 0.224. The number of benzene rings is 1. The van der Waals surface area contributed by atoms with Crippen molar-refractivity contribution in [3.8, 4) is 0 Å². The van der Waals surface area contributed by atoms with Crippen LogP contribution >= 0.6 is 0 Å². The lowest BCUT2D eigenvalue weighted by Crippen LogP contribution is -2.12. The van der Waals surface area contributed by atoms with Gasteiger partial charge in [0.15, 0.2) is 0 Å². The van der Waals surface area contributed by atoms with Crippen molar-refractivity contribution in [3.63, 3.8) is 0 Å². The first-order chi connectivity index (χ1) is 9.05. The van der Waals surface area contributed by atoms with Crippen molar-refractivity contribution in [1.82, 2.24) is 0 Å². The topological polar surface area (TPSA) is 0 Å². The van der Waals surface area contributed by atoms with Crippen molar-refractivity contribution < 1.29 is 0 Å². The summed E-state index contributed by atoms with van der Waals surface area (Å²) in [7, 11) is 0. The van der Waals surface area contributed by atoms with Crippen LogP contribution in [0.5, 0.6) is 0 Å². The molecule has 0 bridgehead atoms. The van der Waals surface area contributed by atoms with Crippen molar-refractivity contribution in [2.75, 3.05) is 0 Å². The van der Waals surface area contributed by atoms with Crippen LogP contribution in [0.2, 0.25) is 0 Å². The van der Waals surface area contributed by atoms with E-state index in [0.717, 1.165) is 0 Å². The lowest BCUT2D eigenvalue weighted by atomic mass is 9.83. The molecule has 1 aromatic carbocycles. The summed E-state index contributed by atoms with van der Waals surface area (Å²) in [5, 5.41) is 0. The van der Waals surface area contributed by atoms with E-state index in [4.69, 9.17) is 0 Å². The standard InChI is InChI=1S/C19H30/c1-5-6-7-8-9-10-11-14-17-15-12-13-16-18(17)19(2,3)4/h11-16H,5-10H2,1-4H3/b14-11+. The van der Waals surface area contributed by atoms with Gasteiger partial charge in [0.25, 0.3) is 0 Å². The molecule has 0 saturated heterocycles. The van der Waals surface area contributed by atoms with Gasteiger partial charge in [-0.1, -0.05) is 89.8 Å². The second-order valence-electron chi connectivity index (χ2n) is 6.44. The van der Waals surface area contributed by atoms with Gasteiger partial charge in [0.1, 0.15) is 0 Å². The van der Waals surface area contributed by atoms with Crippen LogP contribution in [0, 0.1) is 0 Å². The highest BCUT2D eigenvalue weighted by Crippen LogP contribution is 2.26. The molecule has 0 radical (unpaired) electrons. The average molecular weight is 258 g/mol. The summed E-state index contributed by atoms with van der Waals surface area (Å²) in [6, 6.07) is 8.76. The molecular weight excluding hydrogens is 228 g/mol. The number of allylic oxidation sites excluding steroid dienone is 1. The van der Waals surface area contributed by atoms with Gasteiger partial charge in [0, 0.05) is 0 Å². The molecule has 0 saturated carbocycles. The van der Waals surface area contributed by atoms with Crippen LogP contribution in [-0.2, 0) is 5.41 Å². The SMILES string of the molecule is CCCCCCC/C=C/c1ccccc1C(C)(C)C. The second-order valence-corrected chi connectivity index (χ2v) is 6.44. The van der Waals surface area contributed by atoms with E-state index in [2.05, 4.69) is 64.1 Å². The van der Waals surface area contributed by atoms with Gasteiger partial charge in [-0.25, -0.2) is 0 Å². The number of hydrogen-bond acceptors (Lipinski definition) is 0. The van der Waals surface area contributed by atoms with E-state index in [9.17, 15) is 0 Å². The third-order valence-corrected chi connectivity index (χ3v) is 3.54. The first-order valence-corrected chi connectivity index (χ1v) is 7.81. The molecule has 0 heteroatoms. The normalized spacial score (nSPS) is 12.2. The van der Waals surface area contributed by atoms with E-state index in [-0.39, 0.29) is 5.41 Å². The Morgan fingerprint density at radius 1 is 0.947 bits per heavy atom. The van der Waals surface area contributed by atoms with Crippen molar-refractivity contribution in [2.45, 2.75) is 71.6 Å². The molecule has 0 heterocycles. The zero-order valence-corrected chi connectivity index (χ0v) is 13.2. The van der Waals surface area contributed by atoms with Gasteiger partial charge >= 0.3 is 0 Å². The van der Waals surface area contributed by atoms with E-state index >= 15 is 0 Å². The average Bonchev–Trinajstić information content (AvgIpc) is 2.37. The molecule has 0 fully saturated rings. The van der Waals surface area contributed by atoms with Crippen LogP contribution in [-0.4, -0.2) is 0 Å². The maximum Gasteiger partial charge on any atom is -0.0126 e. The summed E-state index contributed by atoms with van der Waals surface area (Å²) in [6.45, 7) is 9.11. The van der Waals surface area contributed by atoms with Gasteiger partial charge in [-0.3, -0.25) is 0 Å². The van der Waals surface area contributed by atoms with Crippen LogP contribution < -0.4 is 0 Å². The van der Waals surface area contributed by atoms with Gasteiger partial charge in [-0.15, -0.1) is 0 Å². The molecule has 0 unspecified atom stereocenters. The maximum atomic E-state index is 2.34. The lowest BCUT2D eigenvalue weighted by molar-refractivity contribution is 0.589. The van der Waals surface area contributed by atoms with Gasteiger partial charge in [0.2, 0.25) is 0 Å². The smallest absolute Gasteiger partial charge is 0.0126 e. The fourth-order valence-electron chi connectivity index (χ4n) is 2.40. The molecule has 0 spiro atoms. The van der Waals surface area contributed by atoms with E-state index < -0.39 is 0 Å².